The van der Waals surface area contributed by atoms with Crippen LogP contribution in [-0.4, -0.2) is 10.9 Å². The molecule has 3 aromatic carbocycles. The van der Waals surface area contributed by atoms with E-state index in [0.717, 1.165) is 16.3 Å². The van der Waals surface area contributed by atoms with E-state index in [4.69, 9.17) is 0 Å². The number of aromatic hydroxyl groups is 1. The Morgan fingerprint density at radius 1 is 0.955 bits per heavy atom. The molecule has 3 rings (SSSR count). The molecule has 0 aliphatic heterocycles. The van der Waals surface area contributed by atoms with Crippen LogP contribution in [0.5, 0.6) is 5.75 Å². The summed E-state index contributed by atoms with van der Waals surface area (Å²) >= 11 is 0. The van der Waals surface area contributed by atoms with Gasteiger partial charge in [-0.2, -0.15) is 0 Å². The van der Waals surface area contributed by atoms with Gasteiger partial charge in [0, 0.05) is 0 Å². The molecule has 0 aromatic heterocycles. The normalized spacial score (nSPS) is 11.1. The topological polar surface area (TPSA) is 37.3 Å². The van der Waals surface area contributed by atoms with Gasteiger partial charge in [-0.1, -0.05) is 66.2 Å². The molecule has 0 saturated heterocycles. The Morgan fingerprint density at radius 3 is 2.45 bits per heavy atom. The van der Waals surface area contributed by atoms with Crippen molar-refractivity contribution in [3.05, 3.63) is 83.4 Å². The van der Waals surface area contributed by atoms with Gasteiger partial charge in [0.1, 0.15) is 5.75 Å². The van der Waals surface area contributed by atoms with Gasteiger partial charge in [0.15, 0.2) is 5.78 Å². The fraction of sp³-hybridized carbons (Fsp3) is 0.0500. The zero-order valence-electron chi connectivity index (χ0n) is 12.3. The molecule has 0 unspecified atom stereocenters. The number of ketones is 1. The SMILES string of the molecule is Cc1ccc(C=CC(=O)c2c(O)ccc3ccccc23)cc1. The van der Waals surface area contributed by atoms with Crippen LogP contribution in [0.1, 0.15) is 21.5 Å². The molecule has 0 fully saturated rings. The van der Waals surface area contributed by atoms with E-state index in [-0.39, 0.29) is 11.5 Å². The van der Waals surface area contributed by atoms with E-state index < -0.39 is 0 Å². The largest absolute Gasteiger partial charge is 0.507 e. The van der Waals surface area contributed by atoms with Gasteiger partial charge in [-0.15, -0.1) is 0 Å². The summed E-state index contributed by atoms with van der Waals surface area (Å²) in [6.07, 6.45) is 3.27. The van der Waals surface area contributed by atoms with E-state index in [1.165, 1.54) is 11.6 Å². The van der Waals surface area contributed by atoms with Crippen molar-refractivity contribution < 1.29 is 9.90 Å². The molecule has 0 aliphatic carbocycles. The number of phenols is 1. The number of hydrogen-bond donors (Lipinski definition) is 1. The summed E-state index contributed by atoms with van der Waals surface area (Å²) in [4.78, 5) is 12.5. The lowest BCUT2D eigenvalue weighted by atomic mass is 9.99. The van der Waals surface area contributed by atoms with Gasteiger partial charge >= 0.3 is 0 Å². The average molecular weight is 288 g/mol. The molecule has 2 nitrogen and oxygen atoms in total. The number of fused-ring (bicyclic) bond motifs is 1. The van der Waals surface area contributed by atoms with Crippen LogP contribution < -0.4 is 0 Å². The molecule has 0 radical (unpaired) electrons. The molecule has 0 bridgehead atoms. The van der Waals surface area contributed by atoms with Crippen LogP contribution in [0.25, 0.3) is 16.8 Å². The molecule has 0 spiro atoms. The Balaban J connectivity index is 1.98. The maximum absolute atomic E-state index is 12.5. The lowest BCUT2D eigenvalue weighted by Crippen LogP contribution is -1.96. The molecule has 0 atom stereocenters. The van der Waals surface area contributed by atoms with Crippen molar-refractivity contribution in [1.29, 1.82) is 0 Å². The Morgan fingerprint density at radius 2 is 1.68 bits per heavy atom. The van der Waals surface area contributed by atoms with Crippen LogP contribution in [0.4, 0.5) is 0 Å². The first kappa shape index (κ1) is 14.1. The fourth-order valence-corrected chi connectivity index (χ4v) is 2.45. The number of carbonyl (C=O) groups excluding carboxylic acids is 1. The van der Waals surface area contributed by atoms with E-state index in [9.17, 15) is 9.90 Å². The molecule has 0 aliphatic rings. The first-order chi connectivity index (χ1) is 10.6. The average Bonchev–Trinajstić information content (AvgIpc) is 2.54. The monoisotopic (exact) mass is 288 g/mol. The van der Waals surface area contributed by atoms with E-state index in [1.807, 2.05) is 61.5 Å². The molecule has 0 saturated carbocycles. The van der Waals surface area contributed by atoms with Gasteiger partial charge < -0.3 is 5.11 Å². The van der Waals surface area contributed by atoms with Crippen molar-refractivity contribution in [1.82, 2.24) is 0 Å². The highest BCUT2D eigenvalue weighted by Gasteiger charge is 2.12. The molecule has 22 heavy (non-hydrogen) atoms. The molecule has 2 heteroatoms. The Bertz CT molecular complexity index is 859. The molecule has 0 amide bonds. The van der Waals surface area contributed by atoms with E-state index in [2.05, 4.69) is 0 Å². The van der Waals surface area contributed by atoms with Crippen LogP contribution in [-0.2, 0) is 0 Å². The molecular formula is C20H16O2. The predicted molar refractivity (Wildman–Crippen MR) is 90.2 cm³/mol. The van der Waals surface area contributed by atoms with Crippen LogP contribution in [0.2, 0.25) is 0 Å². The molecule has 0 heterocycles. The Kier molecular flexibility index (Phi) is 3.75. The van der Waals surface area contributed by atoms with Crippen molar-refractivity contribution in [2.75, 3.05) is 0 Å². The van der Waals surface area contributed by atoms with Crippen LogP contribution in [0.15, 0.2) is 66.7 Å². The van der Waals surface area contributed by atoms with E-state index in [0.29, 0.717) is 5.56 Å². The standard InChI is InChI=1S/C20H16O2/c1-14-6-8-15(9-7-14)10-12-18(21)20-17-5-3-2-4-16(17)11-13-19(20)22/h2-13,22H,1H3. The highest BCUT2D eigenvalue weighted by Crippen LogP contribution is 2.27. The third kappa shape index (κ3) is 2.77. The second-order valence-electron chi connectivity index (χ2n) is 5.29. The summed E-state index contributed by atoms with van der Waals surface area (Å²) < 4.78 is 0. The zero-order chi connectivity index (χ0) is 15.5. The van der Waals surface area contributed by atoms with Crippen LogP contribution in [0, 0.1) is 6.92 Å². The highest BCUT2D eigenvalue weighted by atomic mass is 16.3. The smallest absolute Gasteiger partial charge is 0.190 e. The third-order valence-corrected chi connectivity index (χ3v) is 3.66. The minimum Gasteiger partial charge on any atom is -0.507 e. The van der Waals surface area contributed by atoms with Crippen molar-refractivity contribution in [3.8, 4) is 5.75 Å². The summed E-state index contributed by atoms with van der Waals surface area (Å²) in [6.45, 7) is 2.02. The summed E-state index contributed by atoms with van der Waals surface area (Å²) in [5.74, 6) is -0.188. The summed E-state index contributed by atoms with van der Waals surface area (Å²) in [7, 11) is 0. The van der Waals surface area contributed by atoms with Crippen LogP contribution in [0.3, 0.4) is 0 Å². The van der Waals surface area contributed by atoms with Gasteiger partial charge in [-0.05, 0) is 35.4 Å². The maximum Gasteiger partial charge on any atom is 0.190 e. The molecule has 1 N–H and O–H groups in total. The lowest BCUT2D eigenvalue weighted by molar-refractivity contribution is 0.104. The van der Waals surface area contributed by atoms with E-state index >= 15 is 0 Å². The van der Waals surface area contributed by atoms with Crippen molar-refractivity contribution in [3.63, 3.8) is 0 Å². The summed E-state index contributed by atoms with van der Waals surface area (Å²) in [6, 6.07) is 18.8. The number of rotatable bonds is 3. The number of hydrogen-bond acceptors (Lipinski definition) is 2. The van der Waals surface area contributed by atoms with Crippen molar-refractivity contribution >= 4 is 22.6 Å². The summed E-state index contributed by atoms with van der Waals surface area (Å²) in [5.41, 5.74) is 2.48. The number of carbonyl (C=O) groups is 1. The maximum atomic E-state index is 12.5. The van der Waals surface area contributed by atoms with Crippen molar-refractivity contribution in [2.24, 2.45) is 0 Å². The minimum absolute atomic E-state index is 0.0113. The number of benzene rings is 3. The first-order valence-electron chi connectivity index (χ1n) is 7.15. The third-order valence-electron chi connectivity index (χ3n) is 3.66. The van der Waals surface area contributed by atoms with Crippen LogP contribution >= 0.6 is 0 Å². The highest BCUT2D eigenvalue weighted by molar-refractivity contribution is 6.16. The number of allylic oxidation sites excluding steroid dienone is 1. The fourth-order valence-electron chi connectivity index (χ4n) is 2.45. The minimum atomic E-state index is -0.199. The van der Waals surface area contributed by atoms with Gasteiger partial charge in [0.05, 0.1) is 5.56 Å². The van der Waals surface area contributed by atoms with Gasteiger partial charge in [-0.3, -0.25) is 4.79 Å². The van der Waals surface area contributed by atoms with Gasteiger partial charge in [0.25, 0.3) is 0 Å². The van der Waals surface area contributed by atoms with Gasteiger partial charge in [-0.25, -0.2) is 0 Å². The first-order valence-corrected chi connectivity index (χ1v) is 7.15. The molecule has 3 aromatic rings. The second-order valence-corrected chi connectivity index (χ2v) is 5.29. The lowest BCUT2D eigenvalue weighted by Gasteiger charge is -2.06. The molecular weight excluding hydrogens is 272 g/mol. The van der Waals surface area contributed by atoms with Gasteiger partial charge in [0.2, 0.25) is 0 Å². The summed E-state index contributed by atoms with van der Waals surface area (Å²) in [5, 5.41) is 11.8. The van der Waals surface area contributed by atoms with Crippen molar-refractivity contribution in [2.45, 2.75) is 6.92 Å². The Hall–Kier alpha value is -2.87. The quantitative estimate of drug-likeness (QED) is 0.558. The van der Waals surface area contributed by atoms with E-state index in [1.54, 1.807) is 12.1 Å². The number of aryl methyl sites for hydroxylation is 1. The predicted octanol–water partition coefficient (Wildman–Crippen LogP) is 4.75. The molecule has 108 valence electrons. The Labute approximate surface area is 129 Å². The number of phenolic OH excluding ortho intramolecular Hbond substituents is 1. The zero-order valence-corrected chi connectivity index (χ0v) is 12.3. The second kappa shape index (κ2) is 5.86.